The Morgan fingerprint density at radius 2 is 2.20 bits per heavy atom. The summed E-state index contributed by atoms with van der Waals surface area (Å²) in [5.74, 6) is 0. The van der Waals surface area contributed by atoms with E-state index in [1.807, 2.05) is 6.07 Å². The lowest BCUT2D eigenvalue weighted by atomic mass is 10.1. The van der Waals surface area contributed by atoms with Gasteiger partial charge >= 0.3 is 0 Å². The molecule has 82 valence electrons. The lowest BCUT2D eigenvalue weighted by molar-refractivity contribution is 0.185. The second-order valence-corrected chi connectivity index (χ2v) is 3.16. The van der Waals surface area contributed by atoms with Gasteiger partial charge in [0.2, 0.25) is 0 Å². The molecule has 0 fully saturated rings. The summed E-state index contributed by atoms with van der Waals surface area (Å²) >= 11 is 5.80. The molecule has 0 atom stereocenters. The van der Waals surface area contributed by atoms with Gasteiger partial charge in [-0.1, -0.05) is 11.6 Å². The van der Waals surface area contributed by atoms with Gasteiger partial charge in [0.25, 0.3) is 0 Å². The zero-order valence-corrected chi connectivity index (χ0v) is 9.22. The molecule has 0 radical (unpaired) electrons. The Bertz CT molecular complexity index is 401. The maximum absolute atomic E-state index is 8.86. The molecule has 15 heavy (non-hydrogen) atoms. The van der Waals surface area contributed by atoms with Crippen LogP contribution in [0.3, 0.4) is 0 Å². The van der Waals surface area contributed by atoms with Crippen LogP contribution in [0.5, 0.6) is 0 Å². The van der Waals surface area contributed by atoms with Crippen LogP contribution in [0.15, 0.2) is 0 Å². The number of hydrogen-bond acceptors (Lipinski definition) is 4. The molecular weight excluding hydrogens is 218 g/mol. The lowest BCUT2D eigenvalue weighted by Gasteiger charge is -2.10. The predicted octanol–water partition coefficient (Wildman–Crippen LogP) is 0.819. The SMILES string of the molecule is COCc1c(N)c(C)nc(Cl)c1C#N.O. The molecule has 4 N–H and O–H groups in total. The third kappa shape index (κ3) is 2.57. The quantitative estimate of drug-likeness (QED) is 0.758. The number of nitrogens with two attached hydrogens (primary N) is 1. The first kappa shape index (κ1) is 13.7. The van der Waals surface area contributed by atoms with Gasteiger partial charge in [0.1, 0.15) is 11.2 Å². The number of nitrogen functional groups attached to an aromatic ring is 1. The van der Waals surface area contributed by atoms with Gasteiger partial charge in [-0.3, -0.25) is 0 Å². The van der Waals surface area contributed by atoms with Crippen LogP contribution in [0.4, 0.5) is 5.69 Å². The third-order valence-electron chi connectivity index (χ3n) is 1.89. The number of nitrogens with zero attached hydrogens (tertiary/aromatic N) is 2. The van der Waals surface area contributed by atoms with E-state index in [0.29, 0.717) is 16.9 Å². The van der Waals surface area contributed by atoms with Gasteiger partial charge in [0, 0.05) is 12.7 Å². The van der Waals surface area contributed by atoms with Crippen molar-refractivity contribution in [3.8, 4) is 6.07 Å². The van der Waals surface area contributed by atoms with Crippen LogP contribution < -0.4 is 5.73 Å². The molecule has 1 aromatic rings. The minimum Gasteiger partial charge on any atom is -0.412 e. The molecule has 1 rings (SSSR count). The molecule has 0 amide bonds. The molecule has 0 aliphatic heterocycles. The van der Waals surface area contributed by atoms with E-state index in [9.17, 15) is 0 Å². The number of nitriles is 1. The van der Waals surface area contributed by atoms with Gasteiger partial charge in [0.15, 0.2) is 0 Å². The summed E-state index contributed by atoms with van der Waals surface area (Å²) in [6.45, 7) is 2.00. The van der Waals surface area contributed by atoms with Crippen molar-refractivity contribution in [1.29, 1.82) is 5.26 Å². The first-order chi connectivity index (χ1) is 6.61. The largest absolute Gasteiger partial charge is 0.412 e. The second-order valence-electron chi connectivity index (χ2n) is 2.80. The average molecular weight is 230 g/mol. The van der Waals surface area contributed by atoms with E-state index in [1.54, 1.807) is 6.92 Å². The highest BCUT2D eigenvalue weighted by atomic mass is 35.5. The van der Waals surface area contributed by atoms with Crippen LogP contribution >= 0.6 is 11.6 Å². The number of halogens is 1. The molecular formula is C9H12ClN3O2. The summed E-state index contributed by atoms with van der Waals surface area (Å²) in [4.78, 5) is 3.95. The molecule has 6 heteroatoms. The zero-order chi connectivity index (χ0) is 10.7. The van der Waals surface area contributed by atoms with Gasteiger partial charge in [-0.05, 0) is 6.92 Å². The molecule has 5 nitrogen and oxygen atoms in total. The van der Waals surface area contributed by atoms with Crippen molar-refractivity contribution in [2.24, 2.45) is 0 Å². The number of methoxy groups -OCH3 is 1. The van der Waals surface area contributed by atoms with Crippen LogP contribution in [0.25, 0.3) is 0 Å². The van der Waals surface area contributed by atoms with Crippen molar-refractivity contribution in [3.63, 3.8) is 0 Å². The fourth-order valence-corrected chi connectivity index (χ4v) is 1.43. The molecule has 0 bridgehead atoms. The fourth-order valence-electron chi connectivity index (χ4n) is 1.15. The Morgan fingerprint density at radius 3 is 2.67 bits per heavy atom. The Balaban J connectivity index is 0.00000196. The molecule has 0 saturated heterocycles. The third-order valence-corrected chi connectivity index (χ3v) is 2.16. The zero-order valence-electron chi connectivity index (χ0n) is 8.47. The summed E-state index contributed by atoms with van der Waals surface area (Å²) in [5.41, 5.74) is 7.73. The maximum atomic E-state index is 8.86. The average Bonchev–Trinajstić information content (AvgIpc) is 2.14. The summed E-state index contributed by atoms with van der Waals surface area (Å²) in [6.07, 6.45) is 0. The molecule has 0 aromatic carbocycles. The first-order valence-electron chi connectivity index (χ1n) is 3.95. The van der Waals surface area contributed by atoms with Crippen molar-refractivity contribution < 1.29 is 10.2 Å². The number of anilines is 1. The summed E-state index contributed by atoms with van der Waals surface area (Å²) in [6, 6.07) is 1.96. The van der Waals surface area contributed by atoms with Crippen molar-refractivity contribution >= 4 is 17.3 Å². The van der Waals surface area contributed by atoms with Crippen molar-refractivity contribution in [1.82, 2.24) is 4.98 Å². The fraction of sp³-hybridized carbons (Fsp3) is 0.333. The van der Waals surface area contributed by atoms with Gasteiger partial charge < -0.3 is 15.9 Å². The van der Waals surface area contributed by atoms with Crippen LogP contribution in [-0.2, 0) is 11.3 Å². The van der Waals surface area contributed by atoms with E-state index in [2.05, 4.69) is 4.98 Å². The number of rotatable bonds is 2. The molecule has 0 spiro atoms. The molecule has 0 saturated carbocycles. The molecule has 0 aliphatic rings. The van der Waals surface area contributed by atoms with Gasteiger partial charge in [-0.15, -0.1) is 0 Å². The second kappa shape index (κ2) is 5.51. The van der Waals surface area contributed by atoms with E-state index in [1.165, 1.54) is 7.11 Å². The van der Waals surface area contributed by atoms with Crippen molar-refractivity contribution in [2.45, 2.75) is 13.5 Å². The van der Waals surface area contributed by atoms with Crippen LogP contribution in [0.1, 0.15) is 16.8 Å². The molecule has 0 aliphatic carbocycles. The number of aryl methyl sites for hydroxylation is 1. The highest BCUT2D eigenvalue weighted by molar-refractivity contribution is 6.30. The smallest absolute Gasteiger partial charge is 0.147 e. The Hall–Kier alpha value is -1.35. The molecule has 1 heterocycles. The highest BCUT2D eigenvalue weighted by Gasteiger charge is 2.14. The highest BCUT2D eigenvalue weighted by Crippen LogP contribution is 2.25. The summed E-state index contributed by atoms with van der Waals surface area (Å²) < 4.78 is 4.94. The van der Waals surface area contributed by atoms with Gasteiger partial charge in [0.05, 0.1) is 23.6 Å². The summed E-state index contributed by atoms with van der Waals surface area (Å²) in [5, 5.41) is 9.03. The number of ether oxygens (including phenoxy) is 1. The summed E-state index contributed by atoms with van der Waals surface area (Å²) in [7, 11) is 1.53. The van der Waals surface area contributed by atoms with Gasteiger partial charge in [-0.25, -0.2) is 4.98 Å². The van der Waals surface area contributed by atoms with Gasteiger partial charge in [-0.2, -0.15) is 5.26 Å². The topological polar surface area (TPSA) is 103 Å². The number of hydrogen-bond donors (Lipinski definition) is 1. The van der Waals surface area contributed by atoms with E-state index < -0.39 is 0 Å². The van der Waals surface area contributed by atoms with E-state index >= 15 is 0 Å². The predicted molar refractivity (Wildman–Crippen MR) is 57.4 cm³/mol. The van der Waals surface area contributed by atoms with E-state index in [-0.39, 0.29) is 22.8 Å². The monoisotopic (exact) mass is 229 g/mol. The maximum Gasteiger partial charge on any atom is 0.147 e. The van der Waals surface area contributed by atoms with Crippen LogP contribution in [0, 0.1) is 18.3 Å². The van der Waals surface area contributed by atoms with E-state index in [0.717, 1.165) is 0 Å². The van der Waals surface area contributed by atoms with Crippen molar-refractivity contribution in [2.75, 3.05) is 12.8 Å². The van der Waals surface area contributed by atoms with Crippen LogP contribution in [0.2, 0.25) is 5.15 Å². The van der Waals surface area contributed by atoms with Crippen molar-refractivity contribution in [3.05, 3.63) is 22.0 Å². The minimum atomic E-state index is 0. The number of aromatic nitrogens is 1. The first-order valence-corrected chi connectivity index (χ1v) is 4.33. The number of pyridine rings is 1. The van der Waals surface area contributed by atoms with E-state index in [4.69, 9.17) is 27.3 Å². The standard InChI is InChI=1S/C9H10ClN3O.H2O/c1-5-8(12)7(4-14-2)6(3-11)9(10)13-5;/h4,12H2,1-2H3;1H2. The molecule has 0 unspecified atom stereocenters. The molecule has 1 aromatic heterocycles. The lowest BCUT2D eigenvalue weighted by Crippen LogP contribution is -2.05. The Kier molecular flexibility index (Phi) is 5.02. The normalized spacial score (nSPS) is 9.20. The minimum absolute atomic E-state index is 0. The van der Waals surface area contributed by atoms with Crippen LogP contribution in [-0.4, -0.2) is 17.6 Å². The Morgan fingerprint density at radius 1 is 1.60 bits per heavy atom. The Labute approximate surface area is 92.7 Å².